The summed E-state index contributed by atoms with van der Waals surface area (Å²) in [6.07, 6.45) is 1.27. The first-order valence-corrected chi connectivity index (χ1v) is 4.78. The lowest BCUT2D eigenvalue weighted by Gasteiger charge is -1.92. The van der Waals surface area contributed by atoms with Crippen molar-refractivity contribution in [3.63, 3.8) is 0 Å². The Morgan fingerprint density at radius 3 is 3.08 bits per heavy atom. The van der Waals surface area contributed by atoms with Gasteiger partial charge in [-0.05, 0) is 28.5 Å². The molecule has 0 N–H and O–H groups in total. The van der Waals surface area contributed by atoms with Crippen molar-refractivity contribution in [3.8, 4) is 0 Å². The molecule has 0 saturated carbocycles. The van der Waals surface area contributed by atoms with Crippen molar-refractivity contribution < 1.29 is 9.18 Å². The maximum atomic E-state index is 12.8. The van der Waals surface area contributed by atoms with Gasteiger partial charge in [0.2, 0.25) is 0 Å². The number of hydrogen-bond donors (Lipinski definition) is 0. The molecule has 1 aromatic heterocycles. The van der Waals surface area contributed by atoms with Crippen LogP contribution in [0.1, 0.15) is 5.56 Å². The van der Waals surface area contributed by atoms with E-state index in [9.17, 15) is 9.18 Å². The topological polar surface area (TPSA) is 17.1 Å². The Hall–Kier alpha value is -1.22. The molecule has 0 aliphatic heterocycles. The summed E-state index contributed by atoms with van der Waals surface area (Å²) in [6.45, 7) is 0. The highest BCUT2D eigenvalue weighted by Gasteiger charge is 2.03. The first kappa shape index (κ1) is 8.38. The summed E-state index contributed by atoms with van der Waals surface area (Å²) in [5.74, 6) is -0.230. The predicted octanol–water partition coefficient (Wildman–Crippen LogP) is 2.78. The third kappa shape index (κ3) is 1.47. The van der Waals surface area contributed by atoms with Crippen molar-refractivity contribution in [1.29, 1.82) is 0 Å². The molecule has 0 unspecified atom stereocenters. The molecule has 0 radical (unpaired) electrons. The second-order valence-corrected chi connectivity index (χ2v) is 3.68. The zero-order chi connectivity index (χ0) is 9.26. The fraction of sp³-hybridized carbons (Fsp3) is 0.100. The molecule has 1 heterocycles. The average molecular weight is 194 g/mol. The molecule has 66 valence electrons. The minimum atomic E-state index is -0.230. The van der Waals surface area contributed by atoms with Crippen LogP contribution in [0.3, 0.4) is 0 Å². The highest BCUT2D eigenvalue weighted by atomic mass is 32.1. The van der Waals surface area contributed by atoms with Gasteiger partial charge in [0.05, 0.1) is 0 Å². The van der Waals surface area contributed by atoms with E-state index in [0.29, 0.717) is 6.42 Å². The Labute approximate surface area is 78.8 Å². The summed E-state index contributed by atoms with van der Waals surface area (Å²) in [7, 11) is 0. The number of thiophene rings is 1. The zero-order valence-electron chi connectivity index (χ0n) is 6.79. The second kappa shape index (κ2) is 3.26. The van der Waals surface area contributed by atoms with Crippen molar-refractivity contribution in [3.05, 3.63) is 35.0 Å². The van der Waals surface area contributed by atoms with Crippen LogP contribution < -0.4 is 0 Å². The van der Waals surface area contributed by atoms with Gasteiger partial charge in [-0.3, -0.25) is 0 Å². The van der Waals surface area contributed by atoms with E-state index in [1.807, 2.05) is 5.38 Å². The van der Waals surface area contributed by atoms with Crippen LogP contribution in [0.2, 0.25) is 0 Å². The van der Waals surface area contributed by atoms with Crippen molar-refractivity contribution in [2.45, 2.75) is 6.42 Å². The molecule has 0 aliphatic rings. The standard InChI is InChI=1S/C10H7FOS/c11-8-1-2-9-7(3-4-12)6-13-10(9)5-8/h1-2,4-6H,3H2. The van der Waals surface area contributed by atoms with E-state index in [1.165, 1.54) is 23.5 Å². The van der Waals surface area contributed by atoms with E-state index in [2.05, 4.69) is 0 Å². The molecule has 0 saturated heterocycles. The highest BCUT2D eigenvalue weighted by molar-refractivity contribution is 7.17. The highest BCUT2D eigenvalue weighted by Crippen LogP contribution is 2.26. The van der Waals surface area contributed by atoms with Gasteiger partial charge >= 0.3 is 0 Å². The number of halogens is 1. The molecule has 3 heteroatoms. The molecule has 0 bridgehead atoms. The summed E-state index contributed by atoms with van der Waals surface area (Å²) in [6, 6.07) is 4.64. The van der Waals surface area contributed by atoms with Crippen molar-refractivity contribution in [2.75, 3.05) is 0 Å². The normalized spacial score (nSPS) is 10.5. The lowest BCUT2D eigenvalue weighted by Crippen LogP contribution is -1.82. The Kier molecular flexibility index (Phi) is 2.10. The third-order valence-electron chi connectivity index (χ3n) is 1.92. The van der Waals surface area contributed by atoms with Gasteiger partial charge in [-0.2, -0.15) is 0 Å². The van der Waals surface area contributed by atoms with E-state index in [0.717, 1.165) is 21.9 Å². The molecule has 0 aliphatic carbocycles. The van der Waals surface area contributed by atoms with Gasteiger partial charge in [0.15, 0.2) is 0 Å². The minimum absolute atomic E-state index is 0.230. The van der Waals surface area contributed by atoms with Crippen LogP contribution in [0, 0.1) is 5.82 Å². The monoisotopic (exact) mass is 194 g/mol. The van der Waals surface area contributed by atoms with E-state index in [-0.39, 0.29) is 5.82 Å². The summed E-state index contributed by atoms with van der Waals surface area (Å²) in [4.78, 5) is 10.3. The summed E-state index contributed by atoms with van der Waals surface area (Å²) in [5, 5.41) is 2.89. The Morgan fingerprint density at radius 2 is 2.31 bits per heavy atom. The van der Waals surface area contributed by atoms with E-state index in [1.54, 1.807) is 6.07 Å². The number of fused-ring (bicyclic) bond motifs is 1. The van der Waals surface area contributed by atoms with Crippen LogP contribution >= 0.6 is 11.3 Å². The summed E-state index contributed by atoms with van der Waals surface area (Å²) >= 11 is 1.47. The van der Waals surface area contributed by atoms with Crippen molar-refractivity contribution >= 4 is 27.7 Å². The lowest BCUT2D eigenvalue weighted by atomic mass is 10.1. The number of aldehydes is 1. The quantitative estimate of drug-likeness (QED) is 0.672. The lowest BCUT2D eigenvalue weighted by molar-refractivity contribution is -0.107. The van der Waals surface area contributed by atoms with E-state index in [4.69, 9.17) is 0 Å². The Balaban J connectivity index is 2.61. The van der Waals surface area contributed by atoms with Gasteiger partial charge in [-0.25, -0.2) is 4.39 Å². The summed E-state index contributed by atoms with van der Waals surface area (Å²) < 4.78 is 13.7. The van der Waals surface area contributed by atoms with E-state index < -0.39 is 0 Å². The summed E-state index contributed by atoms with van der Waals surface area (Å²) in [5.41, 5.74) is 0.981. The number of carbonyl (C=O) groups excluding carboxylic acids is 1. The Morgan fingerprint density at radius 1 is 1.46 bits per heavy atom. The molecule has 1 aromatic carbocycles. The first-order valence-electron chi connectivity index (χ1n) is 3.90. The predicted molar refractivity (Wildman–Crippen MR) is 51.6 cm³/mol. The number of benzene rings is 1. The second-order valence-electron chi connectivity index (χ2n) is 2.77. The van der Waals surface area contributed by atoms with Crippen LogP contribution in [0.15, 0.2) is 23.6 Å². The maximum Gasteiger partial charge on any atom is 0.124 e. The van der Waals surface area contributed by atoms with Gasteiger partial charge in [-0.15, -0.1) is 11.3 Å². The Bertz CT molecular complexity index is 447. The molecule has 0 spiro atoms. The van der Waals surface area contributed by atoms with Crippen LogP contribution in [0.25, 0.3) is 10.1 Å². The molecule has 13 heavy (non-hydrogen) atoms. The maximum absolute atomic E-state index is 12.8. The van der Waals surface area contributed by atoms with Crippen LogP contribution in [0.5, 0.6) is 0 Å². The van der Waals surface area contributed by atoms with Crippen molar-refractivity contribution in [2.24, 2.45) is 0 Å². The largest absolute Gasteiger partial charge is 0.303 e. The minimum Gasteiger partial charge on any atom is -0.303 e. The average Bonchev–Trinajstić information content (AvgIpc) is 2.49. The van der Waals surface area contributed by atoms with E-state index >= 15 is 0 Å². The molecular weight excluding hydrogens is 187 g/mol. The number of carbonyl (C=O) groups is 1. The third-order valence-corrected chi connectivity index (χ3v) is 2.92. The smallest absolute Gasteiger partial charge is 0.124 e. The first-order chi connectivity index (χ1) is 6.31. The fourth-order valence-electron chi connectivity index (χ4n) is 1.30. The van der Waals surface area contributed by atoms with Gasteiger partial charge in [0, 0.05) is 11.1 Å². The van der Waals surface area contributed by atoms with Crippen molar-refractivity contribution in [1.82, 2.24) is 0 Å². The van der Waals surface area contributed by atoms with Gasteiger partial charge in [0.25, 0.3) is 0 Å². The van der Waals surface area contributed by atoms with Gasteiger partial charge < -0.3 is 4.79 Å². The van der Waals surface area contributed by atoms with Crippen LogP contribution in [-0.2, 0) is 11.2 Å². The molecule has 1 nitrogen and oxygen atoms in total. The zero-order valence-corrected chi connectivity index (χ0v) is 7.60. The molecule has 0 amide bonds. The molecule has 2 rings (SSSR count). The van der Waals surface area contributed by atoms with Gasteiger partial charge in [-0.1, -0.05) is 6.07 Å². The van der Waals surface area contributed by atoms with Crippen LogP contribution in [-0.4, -0.2) is 6.29 Å². The number of hydrogen-bond acceptors (Lipinski definition) is 2. The molecular formula is C10H7FOS. The molecule has 2 aromatic rings. The number of rotatable bonds is 2. The van der Waals surface area contributed by atoms with Gasteiger partial charge in [0.1, 0.15) is 12.1 Å². The van der Waals surface area contributed by atoms with Crippen LogP contribution in [0.4, 0.5) is 4.39 Å². The fourth-order valence-corrected chi connectivity index (χ4v) is 2.30. The molecule has 0 fully saturated rings. The SMILES string of the molecule is O=CCc1csc2cc(F)ccc12. The molecule has 0 atom stereocenters.